The molecule has 8 nitrogen and oxygen atoms in total. The van der Waals surface area contributed by atoms with Crippen LogP contribution >= 0.6 is 0 Å². The highest BCUT2D eigenvalue weighted by atomic mass is 16.5. The van der Waals surface area contributed by atoms with Crippen molar-refractivity contribution in [3.05, 3.63) is 59.7 Å². The van der Waals surface area contributed by atoms with Gasteiger partial charge in [0.2, 0.25) is 5.91 Å². The van der Waals surface area contributed by atoms with Crippen molar-refractivity contribution in [2.45, 2.75) is 49.8 Å². The molecule has 0 bridgehead atoms. The van der Waals surface area contributed by atoms with Crippen molar-refractivity contribution < 1.29 is 29.3 Å². The predicted molar refractivity (Wildman–Crippen MR) is 123 cm³/mol. The number of carboxylic acid groups (broad SMARTS) is 1. The van der Waals surface area contributed by atoms with Gasteiger partial charge in [0, 0.05) is 18.9 Å². The quantitative estimate of drug-likeness (QED) is 0.580. The molecular weight excluding hydrogens is 436 g/mol. The molecular formula is C26H28N2O6. The number of nitrogens with one attached hydrogen (secondary N) is 1. The van der Waals surface area contributed by atoms with Crippen LogP contribution in [0.25, 0.3) is 11.1 Å². The maximum atomic E-state index is 13.2. The second kappa shape index (κ2) is 9.10. The lowest BCUT2D eigenvalue weighted by atomic mass is 9.98. The van der Waals surface area contributed by atoms with E-state index in [1.165, 1.54) is 4.90 Å². The summed E-state index contributed by atoms with van der Waals surface area (Å²) in [6.45, 7) is 0.0771. The number of rotatable bonds is 7. The molecule has 0 radical (unpaired) electrons. The third kappa shape index (κ3) is 4.37. The first-order chi connectivity index (χ1) is 16.4. The van der Waals surface area contributed by atoms with E-state index < -0.39 is 36.2 Å². The van der Waals surface area contributed by atoms with Crippen molar-refractivity contribution in [1.29, 1.82) is 0 Å². The summed E-state index contributed by atoms with van der Waals surface area (Å²) in [4.78, 5) is 38.7. The molecule has 0 aromatic heterocycles. The summed E-state index contributed by atoms with van der Waals surface area (Å²) >= 11 is 0. The lowest BCUT2D eigenvalue weighted by molar-refractivity contribution is -0.149. The Balaban J connectivity index is 1.27. The third-order valence-electron chi connectivity index (χ3n) is 7.05. The number of carbonyl (C=O) groups is 3. The maximum absolute atomic E-state index is 13.2. The fourth-order valence-corrected chi connectivity index (χ4v) is 5.18. The van der Waals surface area contributed by atoms with E-state index in [1.54, 1.807) is 0 Å². The molecule has 1 saturated carbocycles. The van der Waals surface area contributed by atoms with Crippen LogP contribution in [0.1, 0.15) is 42.7 Å². The summed E-state index contributed by atoms with van der Waals surface area (Å²) in [7, 11) is 0. The molecule has 0 spiro atoms. The van der Waals surface area contributed by atoms with E-state index >= 15 is 0 Å². The highest BCUT2D eigenvalue weighted by Gasteiger charge is 2.43. The molecule has 1 heterocycles. The molecule has 1 aliphatic heterocycles. The first-order valence-corrected chi connectivity index (χ1v) is 11.7. The van der Waals surface area contributed by atoms with Gasteiger partial charge in [0.25, 0.3) is 0 Å². The minimum Gasteiger partial charge on any atom is -0.480 e. The normalized spacial score (nSPS) is 22.1. The number of hydrogen-bond acceptors (Lipinski definition) is 5. The lowest BCUT2D eigenvalue weighted by Gasteiger charge is -2.27. The number of nitrogens with zero attached hydrogens (tertiary/aromatic N) is 1. The second-order valence-corrected chi connectivity index (χ2v) is 9.44. The second-order valence-electron chi connectivity index (χ2n) is 9.44. The van der Waals surface area contributed by atoms with E-state index in [0.29, 0.717) is 12.3 Å². The number of β-amino-alcohol motifs (C(OH)–C–C–N with tert-alkyl or cyclic N) is 1. The van der Waals surface area contributed by atoms with Crippen LogP contribution in [0.4, 0.5) is 4.79 Å². The monoisotopic (exact) mass is 464 g/mol. The van der Waals surface area contributed by atoms with Gasteiger partial charge in [-0.2, -0.15) is 0 Å². The molecule has 2 aromatic carbocycles. The number of hydrogen-bond donors (Lipinski definition) is 3. The van der Waals surface area contributed by atoms with Gasteiger partial charge in [0.1, 0.15) is 18.7 Å². The predicted octanol–water partition coefficient (Wildman–Crippen LogP) is 2.74. The largest absolute Gasteiger partial charge is 0.480 e. The van der Waals surface area contributed by atoms with E-state index in [1.807, 2.05) is 36.4 Å². The molecule has 3 atom stereocenters. The topological polar surface area (TPSA) is 116 Å². The number of fused-ring (bicyclic) bond motifs is 3. The number of likely N-dealkylation sites (tertiary alicyclic amines) is 1. The highest BCUT2D eigenvalue weighted by molar-refractivity contribution is 5.90. The SMILES string of the molecule is O=C(N[C@@H](CC1CC1)C(=O)N1CC(O)CC1C(=O)O)OCC1c2ccccc2-c2ccccc21. The summed E-state index contributed by atoms with van der Waals surface area (Å²) in [6.07, 6.45) is 0.778. The Bertz CT molecular complexity index is 1070. The number of aliphatic hydroxyl groups is 1. The Morgan fingerprint density at radius 3 is 2.24 bits per heavy atom. The number of carboxylic acids is 1. The summed E-state index contributed by atoms with van der Waals surface area (Å²) in [5, 5.41) is 22.1. The van der Waals surface area contributed by atoms with Crippen molar-refractivity contribution in [3.63, 3.8) is 0 Å². The third-order valence-corrected chi connectivity index (χ3v) is 7.05. The Morgan fingerprint density at radius 1 is 1.03 bits per heavy atom. The smallest absolute Gasteiger partial charge is 0.407 e. The number of ether oxygens (including phenoxy) is 1. The molecule has 3 N–H and O–H groups in total. The maximum Gasteiger partial charge on any atom is 0.407 e. The van der Waals surface area contributed by atoms with Gasteiger partial charge in [-0.1, -0.05) is 61.4 Å². The van der Waals surface area contributed by atoms with Crippen LogP contribution in [-0.4, -0.2) is 64.4 Å². The fourth-order valence-electron chi connectivity index (χ4n) is 5.18. The Hall–Kier alpha value is -3.39. The summed E-state index contributed by atoms with van der Waals surface area (Å²) in [5.41, 5.74) is 4.44. The summed E-state index contributed by atoms with van der Waals surface area (Å²) < 4.78 is 5.59. The van der Waals surface area contributed by atoms with E-state index in [0.717, 1.165) is 35.1 Å². The molecule has 2 aliphatic carbocycles. The van der Waals surface area contributed by atoms with Gasteiger partial charge in [-0.3, -0.25) is 4.79 Å². The van der Waals surface area contributed by atoms with Crippen LogP contribution in [0.3, 0.4) is 0 Å². The van der Waals surface area contributed by atoms with Crippen LogP contribution in [0, 0.1) is 5.92 Å². The minimum absolute atomic E-state index is 0.0117. The lowest BCUT2D eigenvalue weighted by Crippen LogP contribution is -2.52. The average Bonchev–Trinajstić information content (AvgIpc) is 3.47. The molecule has 5 rings (SSSR count). The van der Waals surface area contributed by atoms with Crippen LogP contribution < -0.4 is 5.32 Å². The van der Waals surface area contributed by atoms with Crippen molar-refractivity contribution >= 4 is 18.0 Å². The molecule has 8 heteroatoms. The van der Waals surface area contributed by atoms with Crippen molar-refractivity contribution in [2.75, 3.05) is 13.2 Å². The molecule has 1 saturated heterocycles. The fraction of sp³-hybridized carbons (Fsp3) is 0.423. The first kappa shape index (κ1) is 22.4. The molecule has 2 unspecified atom stereocenters. The van der Waals surface area contributed by atoms with Gasteiger partial charge in [-0.05, 0) is 34.6 Å². The zero-order chi connectivity index (χ0) is 23.8. The standard InChI is InChI=1S/C26H28N2O6/c29-16-12-23(25(31)32)28(13-16)24(30)22(11-15-9-10-15)27-26(33)34-14-21-19-7-3-1-5-17(19)18-6-2-4-8-20(18)21/h1-8,15-16,21-23,29H,9-14H2,(H,27,33)(H,31,32)/t16?,22-,23?/m0/s1. The Morgan fingerprint density at radius 2 is 1.65 bits per heavy atom. The number of amides is 2. The van der Waals surface area contributed by atoms with Gasteiger partial charge in [-0.15, -0.1) is 0 Å². The molecule has 2 aromatic rings. The zero-order valence-electron chi connectivity index (χ0n) is 18.7. The van der Waals surface area contributed by atoms with Crippen LogP contribution in [0.15, 0.2) is 48.5 Å². The van der Waals surface area contributed by atoms with Gasteiger partial charge in [0.05, 0.1) is 6.10 Å². The van der Waals surface area contributed by atoms with E-state index in [4.69, 9.17) is 4.74 Å². The first-order valence-electron chi connectivity index (χ1n) is 11.7. The molecule has 2 fully saturated rings. The molecule has 2 amide bonds. The van der Waals surface area contributed by atoms with Crippen LogP contribution in [-0.2, 0) is 14.3 Å². The summed E-state index contributed by atoms with van der Waals surface area (Å²) in [6, 6.07) is 14.1. The number of aliphatic carboxylic acids is 1. The van der Waals surface area contributed by atoms with E-state index in [-0.39, 0.29) is 25.5 Å². The van der Waals surface area contributed by atoms with Gasteiger partial charge in [-0.25, -0.2) is 9.59 Å². The minimum atomic E-state index is -1.16. The Labute approximate surface area is 197 Å². The molecule has 34 heavy (non-hydrogen) atoms. The summed E-state index contributed by atoms with van der Waals surface area (Å²) in [5.74, 6) is -1.42. The Kier molecular flexibility index (Phi) is 6.00. The van der Waals surface area contributed by atoms with Crippen molar-refractivity contribution in [3.8, 4) is 11.1 Å². The van der Waals surface area contributed by atoms with Gasteiger partial charge < -0.3 is 25.2 Å². The van der Waals surface area contributed by atoms with Crippen molar-refractivity contribution in [1.82, 2.24) is 10.2 Å². The number of carbonyl (C=O) groups excluding carboxylic acids is 2. The van der Waals surface area contributed by atoms with Crippen LogP contribution in [0.2, 0.25) is 0 Å². The van der Waals surface area contributed by atoms with Gasteiger partial charge in [0.15, 0.2) is 0 Å². The van der Waals surface area contributed by atoms with Crippen molar-refractivity contribution in [2.24, 2.45) is 5.92 Å². The molecule has 178 valence electrons. The highest BCUT2D eigenvalue weighted by Crippen LogP contribution is 2.44. The number of benzene rings is 2. The zero-order valence-corrected chi connectivity index (χ0v) is 18.7. The molecule has 3 aliphatic rings. The van der Waals surface area contributed by atoms with E-state index in [2.05, 4.69) is 17.4 Å². The average molecular weight is 465 g/mol. The number of aliphatic hydroxyl groups excluding tert-OH is 1. The van der Waals surface area contributed by atoms with E-state index in [9.17, 15) is 24.6 Å². The van der Waals surface area contributed by atoms with Gasteiger partial charge >= 0.3 is 12.1 Å². The number of alkyl carbamates (subject to hydrolysis) is 1. The van der Waals surface area contributed by atoms with Crippen LogP contribution in [0.5, 0.6) is 0 Å².